The first-order chi connectivity index (χ1) is 38.0. The molecule has 9 aromatic rings. The third-order valence-corrected chi connectivity index (χ3v) is 16.2. The van der Waals surface area contributed by atoms with Crippen LogP contribution in [-0.2, 0) is 54.6 Å². The second kappa shape index (κ2) is 20.0. The summed E-state index contributed by atoms with van der Waals surface area (Å²) in [7, 11) is 0. The van der Waals surface area contributed by atoms with Gasteiger partial charge in [-0.05, 0) is 145 Å². The van der Waals surface area contributed by atoms with Crippen molar-refractivity contribution >= 4 is 44.6 Å². The summed E-state index contributed by atoms with van der Waals surface area (Å²) >= 11 is 0. The molecule has 0 unspecified atom stereocenters. The van der Waals surface area contributed by atoms with Gasteiger partial charge in [0.05, 0.1) is 5.48 Å². The molecule has 0 saturated carbocycles. The fraction of sp³-hybridized carbons (Fsp3) is 0.333. The molecule has 7 aromatic carbocycles. The van der Waals surface area contributed by atoms with Crippen molar-refractivity contribution < 1.29 is 31.3 Å². The molecule has 0 saturated heterocycles. The Morgan fingerprint density at radius 2 is 1.31 bits per heavy atom. The van der Waals surface area contributed by atoms with E-state index in [4.69, 9.17) is 15.2 Å². The maximum absolute atomic E-state index is 9.15. The van der Waals surface area contributed by atoms with Crippen molar-refractivity contribution in [1.29, 1.82) is 0 Å². The van der Waals surface area contributed by atoms with E-state index in [0.717, 1.165) is 47.6 Å². The first kappa shape index (κ1) is 49.8. The molecule has 3 heterocycles. The van der Waals surface area contributed by atoms with Crippen molar-refractivity contribution in [2.75, 3.05) is 9.80 Å². The third-order valence-electron chi connectivity index (χ3n) is 16.2. The van der Waals surface area contributed by atoms with Crippen LogP contribution in [-0.4, -0.2) is 9.55 Å². The van der Waals surface area contributed by atoms with Crippen LogP contribution in [0, 0.1) is 24.7 Å². The number of fused-ring (bicyclic) bond motifs is 5. The van der Waals surface area contributed by atoms with Crippen molar-refractivity contribution in [2.45, 2.75) is 150 Å². The number of para-hydroxylation sites is 3. The van der Waals surface area contributed by atoms with Gasteiger partial charge in [-0.2, -0.15) is 12.1 Å². The van der Waals surface area contributed by atoms with Crippen LogP contribution in [0.15, 0.2) is 146 Å². The van der Waals surface area contributed by atoms with Crippen molar-refractivity contribution in [3.8, 4) is 39.6 Å². The number of benzene rings is 7. The Labute approximate surface area is 486 Å². The minimum atomic E-state index is -0.308. The number of hydrogen-bond donors (Lipinski definition) is 0. The van der Waals surface area contributed by atoms with Crippen LogP contribution in [0.4, 0.5) is 22.7 Å². The van der Waals surface area contributed by atoms with Gasteiger partial charge in [0.2, 0.25) is 0 Å². The Hall–Kier alpha value is -6.42. The van der Waals surface area contributed by atoms with Gasteiger partial charge < -0.3 is 19.1 Å². The maximum Gasteiger partial charge on any atom is 0.135 e. The predicted molar refractivity (Wildman–Crippen MR) is 325 cm³/mol. The predicted octanol–water partition coefficient (Wildman–Crippen LogP) is 19.8. The summed E-state index contributed by atoms with van der Waals surface area (Å²) < 4.78 is 44.1. The van der Waals surface area contributed by atoms with E-state index >= 15 is 0 Å². The van der Waals surface area contributed by atoms with E-state index in [1.807, 2.05) is 30.3 Å². The van der Waals surface area contributed by atoms with E-state index in [9.17, 15) is 0 Å². The van der Waals surface area contributed by atoms with Gasteiger partial charge in [-0.3, -0.25) is 0 Å². The van der Waals surface area contributed by atoms with Crippen LogP contribution < -0.4 is 14.5 Å². The van der Waals surface area contributed by atoms with Gasteiger partial charge in [-0.25, -0.2) is 4.98 Å². The van der Waals surface area contributed by atoms with Crippen molar-refractivity contribution in [3.05, 3.63) is 198 Å². The Balaban J connectivity index is 0.00000753. The molecule has 0 radical (unpaired) electrons. The summed E-state index contributed by atoms with van der Waals surface area (Å²) in [6.07, 6.45) is 4.96. The molecule has 2 aliphatic rings. The van der Waals surface area contributed by atoms with Crippen LogP contribution in [0.5, 0.6) is 11.5 Å². The van der Waals surface area contributed by atoms with E-state index in [1.165, 1.54) is 50.1 Å². The SMILES string of the molecule is [2H]c1c([2H])c([2H])c2c(c1[2H])c1ccc(Oc3[c-]c(N4[CH-]N(c5c(-c6ccc7c(c6)C(C)(C)CCC7(C)C)cc(CC(C)C)cc5-c5ccc(C(C)(C)C)cc5C(C)(C)C)c5ccccc54)ccc3)[c-]c1n2-c1cc(C(C)(C)C)ccn1.[Pt]. The average Bonchev–Trinajstić information content (AvgIpc) is 4.16. The summed E-state index contributed by atoms with van der Waals surface area (Å²) in [6, 6.07) is 47.9. The number of aromatic nitrogens is 2. The molecule has 0 spiro atoms. The van der Waals surface area contributed by atoms with Crippen molar-refractivity contribution in [3.63, 3.8) is 0 Å². The second-order valence-corrected chi connectivity index (χ2v) is 26.6. The molecule has 1 aliphatic heterocycles. The molecule has 78 heavy (non-hydrogen) atoms. The van der Waals surface area contributed by atoms with Gasteiger partial charge in [0.25, 0.3) is 0 Å². The number of pyridine rings is 1. The monoisotopic (exact) mass is 1210 g/mol. The first-order valence-corrected chi connectivity index (χ1v) is 27.7. The van der Waals surface area contributed by atoms with Crippen LogP contribution in [0.3, 0.4) is 0 Å². The number of anilines is 4. The Morgan fingerprint density at radius 3 is 2.01 bits per heavy atom. The summed E-state index contributed by atoms with van der Waals surface area (Å²) in [5, 5.41) is 1.02. The number of ether oxygens (including phenoxy) is 1. The van der Waals surface area contributed by atoms with Gasteiger partial charge in [0.15, 0.2) is 0 Å². The zero-order valence-electron chi connectivity index (χ0n) is 52.3. The van der Waals surface area contributed by atoms with Crippen molar-refractivity contribution in [1.82, 2.24) is 9.55 Å². The average molecular weight is 1210 g/mol. The smallest absolute Gasteiger partial charge is 0.135 e. The van der Waals surface area contributed by atoms with E-state index in [2.05, 4.69) is 211 Å². The topological polar surface area (TPSA) is 33.5 Å². The molecule has 0 atom stereocenters. The summed E-state index contributed by atoms with van der Waals surface area (Å²) in [4.78, 5) is 9.40. The Morgan fingerprint density at radius 1 is 0.641 bits per heavy atom. The van der Waals surface area contributed by atoms with Crippen LogP contribution in [0.1, 0.15) is 156 Å². The molecule has 6 heteroatoms. The van der Waals surface area contributed by atoms with Gasteiger partial charge in [0, 0.05) is 72.5 Å². The summed E-state index contributed by atoms with van der Waals surface area (Å²) in [6.45, 7) is 36.8. The molecule has 404 valence electrons. The fourth-order valence-electron chi connectivity index (χ4n) is 11.7. The van der Waals surface area contributed by atoms with E-state index in [0.29, 0.717) is 45.0 Å². The number of rotatable bonds is 9. The fourth-order valence-corrected chi connectivity index (χ4v) is 11.7. The number of nitrogens with zero attached hydrogens (tertiary/aromatic N) is 4. The third kappa shape index (κ3) is 10.1. The van der Waals surface area contributed by atoms with E-state index in [1.54, 1.807) is 16.8 Å². The van der Waals surface area contributed by atoms with Crippen molar-refractivity contribution in [2.24, 2.45) is 5.92 Å². The molecule has 0 amide bonds. The molecule has 0 bridgehead atoms. The summed E-state index contributed by atoms with van der Waals surface area (Å²) in [5.74, 6) is 1.84. The van der Waals surface area contributed by atoms with Crippen LogP contribution in [0.2, 0.25) is 0 Å². The van der Waals surface area contributed by atoms with E-state index in [-0.39, 0.29) is 72.3 Å². The minimum Gasteiger partial charge on any atom is -0.509 e. The maximum atomic E-state index is 9.15. The van der Waals surface area contributed by atoms with Gasteiger partial charge in [-0.1, -0.05) is 176 Å². The standard InChI is InChI=1S/C72H77N4O.Pt/c1-46(2)37-47-38-57(48-27-32-59-61(40-48)72(14,15)35-34-71(59,12)13)67(58(39-47)54-30-28-49(68(3,4)5)41-60(54)70(9,10)11)75-45-74(63-25-18-19-26-64(63)75)51-21-20-22-52(43-51)77-53-29-31-56-55-23-16-17-24-62(55)76(65(56)44-53)66-42-50(33-36-73-66)69(6,7)8;/h16-33,36,38-42,45-46H,34-35,37H2,1-15H3;/q-3;/i16D,17D,23D,24D;. The number of hydrogen-bond acceptors (Lipinski definition) is 4. The Bertz CT molecular complexity index is 3980. The molecule has 0 N–H and O–H groups in total. The zero-order valence-corrected chi connectivity index (χ0v) is 50.6. The Kier molecular flexibility index (Phi) is 12.8. The minimum absolute atomic E-state index is 0. The second-order valence-electron chi connectivity index (χ2n) is 26.6. The molecular formula is C72H77N4OPt-3. The van der Waals surface area contributed by atoms with Gasteiger partial charge in [-0.15, -0.1) is 48.1 Å². The van der Waals surface area contributed by atoms with Gasteiger partial charge >= 0.3 is 0 Å². The summed E-state index contributed by atoms with van der Waals surface area (Å²) in [5.41, 5.74) is 17.2. The molecule has 5 nitrogen and oxygen atoms in total. The van der Waals surface area contributed by atoms with E-state index < -0.39 is 0 Å². The molecule has 2 aromatic heterocycles. The molecular weight excluding hydrogens is 1130 g/mol. The molecule has 11 rings (SSSR count). The zero-order chi connectivity index (χ0) is 58.0. The molecule has 0 fully saturated rings. The first-order valence-electron chi connectivity index (χ1n) is 29.7. The van der Waals surface area contributed by atoms with Crippen LogP contribution in [0.25, 0.3) is 49.9 Å². The van der Waals surface area contributed by atoms with Crippen LogP contribution >= 0.6 is 0 Å². The largest absolute Gasteiger partial charge is 0.509 e. The molecule has 1 aliphatic carbocycles. The quantitative estimate of drug-likeness (QED) is 0.135. The van der Waals surface area contributed by atoms with Gasteiger partial charge in [0.1, 0.15) is 5.82 Å². The normalized spacial score (nSPS) is 15.9.